The maximum absolute atomic E-state index is 11.9. The van der Waals surface area contributed by atoms with Crippen molar-refractivity contribution < 1.29 is 4.79 Å². The second-order valence-electron chi connectivity index (χ2n) is 5.69. The molecule has 0 aliphatic rings. The predicted octanol–water partition coefficient (Wildman–Crippen LogP) is 3.46. The summed E-state index contributed by atoms with van der Waals surface area (Å²) in [5, 5.41) is 2.87. The van der Waals surface area contributed by atoms with E-state index in [0.29, 0.717) is 6.42 Å². The van der Waals surface area contributed by atoms with Gasteiger partial charge < -0.3 is 11.1 Å². The lowest BCUT2D eigenvalue weighted by Crippen LogP contribution is -2.38. The van der Waals surface area contributed by atoms with Crippen LogP contribution in [0.15, 0.2) is 22.7 Å². The van der Waals surface area contributed by atoms with Gasteiger partial charge in [0.2, 0.25) is 5.91 Å². The molecule has 3 N–H and O–H groups in total. The van der Waals surface area contributed by atoms with Crippen LogP contribution in [-0.2, 0) is 4.79 Å². The molecule has 3 nitrogen and oxygen atoms in total. The van der Waals surface area contributed by atoms with E-state index in [1.807, 2.05) is 45.9 Å². The van der Waals surface area contributed by atoms with Crippen molar-refractivity contribution in [3.63, 3.8) is 0 Å². The highest BCUT2D eigenvalue weighted by molar-refractivity contribution is 9.10. The van der Waals surface area contributed by atoms with Crippen LogP contribution in [0.1, 0.15) is 32.8 Å². The fourth-order valence-corrected chi connectivity index (χ4v) is 1.69. The zero-order chi connectivity index (χ0) is 13.9. The summed E-state index contributed by atoms with van der Waals surface area (Å²) in [4.78, 5) is 11.9. The van der Waals surface area contributed by atoms with Crippen LogP contribution in [0, 0.1) is 12.3 Å². The van der Waals surface area contributed by atoms with Gasteiger partial charge in [-0.2, -0.15) is 0 Å². The Balaban J connectivity index is 2.62. The number of carbonyl (C=O) groups is 1. The molecule has 1 rings (SSSR count). The van der Waals surface area contributed by atoms with Gasteiger partial charge in [0, 0.05) is 22.6 Å². The van der Waals surface area contributed by atoms with Gasteiger partial charge in [-0.15, -0.1) is 0 Å². The fraction of sp³-hybridized carbons (Fsp3) is 0.500. The lowest BCUT2D eigenvalue weighted by atomic mass is 9.85. The van der Waals surface area contributed by atoms with Gasteiger partial charge in [-0.25, -0.2) is 0 Å². The first-order valence-electron chi connectivity index (χ1n) is 6.01. The summed E-state index contributed by atoms with van der Waals surface area (Å²) in [5.74, 6) is -0.0425. The molecular weight excluding hydrogens is 292 g/mol. The number of halogens is 1. The van der Waals surface area contributed by atoms with Gasteiger partial charge in [0.25, 0.3) is 0 Å². The molecule has 18 heavy (non-hydrogen) atoms. The minimum Gasteiger partial charge on any atom is -0.327 e. The largest absolute Gasteiger partial charge is 0.327 e. The summed E-state index contributed by atoms with van der Waals surface area (Å²) in [5.41, 5.74) is 7.83. The highest BCUT2D eigenvalue weighted by Gasteiger charge is 2.23. The van der Waals surface area contributed by atoms with Crippen LogP contribution < -0.4 is 11.1 Å². The van der Waals surface area contributed by atoms with Gasteiger partial charge in [0.1, 0.15) is 0 Å². The molecule has 0 heterocycles. The second-order valence-corrected chi connectivity index (χ2v) is 6.54. The molecule has 1 atom stereocenters. The smallest absolute Gasteiger partial charge is 0.225 e. The molecule has 0 radical (unpaired) electrons. The Hall–Kier alpha value is -0.870. The van der Waals surface area contributed by atoms with Crippen molar-refractivity contribution in [2.75, 3.05) is 5.32 Å². The molecular formula is C14H21BrN2O. The maximum Gasteiger partial charge on any atom is 0.225 e. The molecule has 4 heteroatoms. The van der Waals surface area contributed by atoms with E-state index in [4.69, 9.17) is 5.73 Å². The quantitative estimate of drug-likeness (QED) is 0.898. The highest BCUT2D eigenvalue weighted by atomic mass is 79.9. The van der Waals surface area contributed by atoms with Crippen molar-refractivity contribution in [2.24, 2.45) is 11.1 Å². The van der Waals surface area contributed by atoms with Gasteiger partial charge in [-0.3, -0.25) is 4.79 Å². The number of benzene rings is 1. The van der Waals surface area contributed by atoms with E-state index in [-0.39, 0.29) is 17.4 Å². The van der Waals surface area contributed by atoms with Crippen molar-refractivity contribution in [1.29, 1.82) is 0 Å². The van der Waals surface area contributed by atoms with Crippen molar-refractivity contribution in [3.8, 4) is 0 Å². The molecule has 0 saturated heterocycles. The minimum atomic E-state index is -0.144. The first-order chi connectivity index (χ1) is 8.20. The van der Waals surface area contributed by atoms with E-state index in [1.165, 1.54) is 0 Å². The molecule has 1 aromatic rings. The third-order valence-electron chi connectivity index (χ3n) is 2.96. The molecule has 0 aliphatic carbocycles. The third kappa shape index (κ3) is 4.42. The summed E-state index contributed by atoms with van der Waals surface area (Å²) in [6.07, 6.45) is 0.332. The molecule has 1 aromatic carbocycles. The van der Waals surface area contributed by atoms with Gasteiger partial charge in [0.05, 0.1) is 0 Å². The molecule has 1 unspecified atom stereocenters. The first-order valence-corrected chi connectivity index (χ1v) is 6.81. The lowest BCUT2D eigenvalue weighted by Gasteiger charge is -2.26. The van der Waals surface area contributed by atoms with Crippen LogP contribution in [0.3, 0.4) is 0 Å². The number of nitrogens with two attached hydrogens (primary N) is 1. The Morgan fingerprint density at radius 1 is 1.44 bits per heavy atom. The van der Waals surface area contributed by atoms with Gasteiger partial charge >= 0.3 is 0 Å². The SMILES string of the molecule is Cc1cc(NC(=O)CC(N)C(C)(C)C)ccc1Br. The van der Waals surface area contributed by atoms with Gasteiger partial charge in [-0.05, 0) is 36.1 Å². The molecule has 0 aromatic heterocycles. The molecule has 0 bridgehead atoms. The number of aryl methyl sites for hydroxylation is 1. The number of rotatable bonds is 3. The number of carbonyl (C=O) groups excluding carboxylic acids is 1. The summed E-state index contributed by atoms with van der Waals surface area (Å²) < 4.78 is 1.03. The normalized spacial score (nSPS) is 13.2. The number of hydrogen-bond acceptors (Lipinski definition) is 2. The maximum atomic E-state index is 11.9. The predicted molar refractivity (Wildman–Crippen MR) is 79.6 cm³/mol. The van der Waals surface area contributed by atoms with E-state index in [2.05, 4.69) is 21.2 Å². The standard InChI is InChI=1S/C14H21BrN2O/c1-9-7-10(5-6-11(9)15)17-13(18)8-12(16)14(2,3)4/h5-7,12H,8,16H2,1-4H3,(H,17,18). The molecule has 1 amide bonds. The van der Waals surface area contributed by atoms with Gasteiger partial charge in [0.15, 0.2) is 0 Å². The average molecular weight is 313 g/mol. The molecule has 0 fully saturated rings. The van der Waals surface area contributed by atoms with E-state index in [0.717, 1.165) is 15.7 Å². The Morgan fingerprint density at radius 2 is 2.06 bits per heavy atom. The number of amides is 1. The monoisotopic (exact) mass is 312 g/mol. The van der Waals surface area contributed by atoms with Crippen LogP contribution >= 0.6 is 15.9 Å². The van der Waals surface area contributed by atoms with E-state index in [9.17, 15) is 4.79 Å². The first kappa shape index (κ1) is 15.2. The zero-order valence-corrected chi connectivity index (χ0v) is 13.0. The van der Waals surface area contributed by atoms with Crippen LogP contribution in [0.5, 0.6) is 0 Å². The van der Waals surface area contributed by atoms with E-state index in [1.54, 1.807) is 0 Å². The average Bonchev–Trinajstić information content (AvgIpc) is 2.22. The van der Waals surface area contributed by atoms with E-state index < -0.39 is 0 Å². The molecule has 0 spiro atoms. The Labute approximate surface area is 117 Å². The van der Waals surface area contributed by atoms with Crippen LogP contribution in [0.2, 0.25) is 0 Å². The van der Waals surface area contributed by atoms with Crippen molar-refractivity contribution in [1.82, 2.24) is 0 Å². The molecule has 100 valence electrons. The van der Waals surface area contributed by atoms with Crippen LogP contribution in [0.4, 0.5) is 5.69 Å². The second kappa shape index (κ2) is 5.85. The summed E-state index contributed by atoms with van der Waals surface area (Å²) in [7, 11) is 0. The van der Waals surface area contributed by atoms with Gasteiger partial charge in [-0.1, -0.05) is 36.7 Å². The number of nitrogens with one attached hydrogen (secondary N) is 1. The van der Waals surface area contributed by atoms with Crippen LogP contribution in [-0.4, -0.2) is 11.9 Å². The lowest BCUT2D eigenvalue weighted by molar-refractivity contribution is -0.117. The Kier molecular flexibility index (Phi) is 4.93. The zero-order valence-electron chi connectivity index (χ0n) is 11.4. The van der Waals surface area contributed by atoms with Crippen LogP contribution in [0.25, 0.3) is 0 Å². The van der Waals surface area contributed by atoms with Crippen molar-refractivity contribution in [2.45, 2.75) is 40.2 Å². The number of hydrogen-bond donors (Lipinski definition) is 2. The summed E-state index contributed by atoms with van der Waals surface area (Å²) in [6, 6.07) is 5.59. The Morgan fingerprint density at radius 3 is 2.56 bits per heavy atom. The Bertz CT molecular complexity index is 438. The number of anilines is 1. The summed E-state index contributed by atoms with van der Waals surface area (Å²) in [6.45, 7) is 8.10. The minimum absolute atomic E-state index is 0.0425. The van der Waals surface area contributed by atoms with E-state index >= 15 is 0 Å². The third-order valence-corrected chi connectivity index (χ3v) is 3.85. The topological polar surface area (TPSA) is 55.1 Å². The molecule has 0 aliphatic heterocycles. The fourth-order valence-electron chi connectivity index (χ4n) is 1.44. The highest BCUT2D eigenvalue weighted by Crippen LogP contribution is 2.22. The molecule has 0 saturated carbocycles. The summed E-state index contributed by atoms with van der Waals surface area (Å²) >= 11 is 3.43. The van der Waals surface area contributed by atoms with Crippen molar-refractivity contribution in [3.05, 3.63) is 28.2 Å². The van der Waals surface area contributed by atoms with Crippen molar-refractivity contribution >= 4 is 27.5 Å².